The van der Waals surface area contributed by atoms with Crippen LogP contribution in [0.25, 0.3) is 0 Å². The Morgan fingerprint density at radius 1 is 1.75 bits per heavy atom. The fourth-order valence-corrected chi connectivity index (χ4v) is 0.973. The summed E-state index contributed by atoms with van der Waals surface area (Å²) in [5, 5.41) is 0.105. The summed E-state index contributed by atoms with van der Waals surface area (Å²) in [7, 11) is 0. The predicted molar refractivity (Wildman–Crippen MR) is 51.7 cm³/mol. The Morgan fingerprint density at radius 2 is 2.58 bits per heavy atom. The third-order valence-electron chi connectivity index (χ3n) is 1.26. The van der Waals surface area contributed by atoms with E-state index in [0.717, 1.165) is 5.70 Å². The fraction of sp³-hybridized carbons (Fsp3) is 0.250. The molecular formula is C8H8N2OS. The van der Waals surface area contributed by atoms with E-state index in [4.69, 9.17) is 0 Å². The number of allylic oxidation sites excluding steroid dienone is 3. The molecule has 0 unspecified atom stereocenters. The van der Waals surface area contributed by atoms with Gasteiger partial charge in [-0.15, -0.1) is 0 Å². The zero-order chi connectivity index (χ0) is 8.81. The zero-order valence-corrected chi connectivity index (χ0v) is 7.47. The summed E-state index contributed by atoms with van der Waals surface area (Å²) in [6.07, 6.45) is 6.89. The fourth-order valence-electron chi connectivity index (χ4n) is 0.681. The number of carbonyl (C=O) groups is 1. The highest BCUT2D eigenvalue weighted by Gasteiger charge is 2.02. The molecule has 0 spiro atoms. The van der Waals surface area contributed by atoms with Gasteiger partial charge >= 0.3 is 0 Å². The lowest BCUT2D eigenvalue weighted by Gasteiger charge is -1.95. The van der Waals surface area contributed by atoms with Gasteiger partial charge in [-0.1, -0.05) is 11.8 Å². The minimum absolute atomic E-state index is 0.105. The molecule has 3 nitrogen and oxygen atoms in total. The highest BCUT2D eigenvalue weighted by molar-refractivity contribution is 8.13. The molecule has 0 N–H and O–H groups in total. The predicted octanol–water partition coefficient (Wildman–Crippen LogP) is 1.42. The van der Waals surface area contributed by atoms with Gasteiger partial charge in [-0.05, 0) is 18.2 Å². The minimum Gasteiger partial charge on any atom is -0.287 e. The van der Waals surface area contributed by atoms with Crippen LogP contribution >= 0.6 is 11.8 Å². The van der Waals surface area contributed by atoms with Gasteiger partial charge in [-0.3, -0.25) is 4.79 Å². The molecule has 0 bridgehead atoms. The molecule has 1 heterocycles. The molecule has 1 rings (SSSR count). The SMILES string of the molecule is CSC(=O)CC1=CC=C=NC=N1. The minimum atomic E-state index is 0.105. The summed E-state index contributed by atoms with van der Waals surface area (Å²) < 4.78 is 0. The van der Waals surface area contributed by atoms with E-state index in [1.165, 1.54) is 18.1 Å². The number of aliphatic imine (C=N–C) groups is 2. The van der Waals surface area contributed by atoms with Gasteiger partial charge in [-0.2, -0.15) is 4.99 Å². The third kappa shape index (κ3) is 2.86. The van der Waals surface area contributed by atoms with Gasteiger partial charge in [0.25, 0.3) is 0 Å². The molecule has 0 atom stereocenters. The first kappa shape index (κ1) is 8.97. The molecule has 0 radical (unpaired) electrons. The molecule has 12 heavy (non-hydrogen) atoms. The van der Waals surface area contributed by atoms with E-state index in [2.05, 4.69) is 15.9 Å². The monoisotopic (exact) mass is 180 g/mol. The number of hydrogen-bond acceptors (Lipinski definition) is 4. The van der Waals surface area contributed by atoms with Crippen molar-refractivity contribution in [1.82, 2.24) is 0 Å². The summed E-state index contributed by atoms with van der Waals surface area (Å²) in [6.45, 7) is 0. The summed E-state index contributed by atoms with van der Waals surface area (Å²) in [5.74, 6) is 2.62. The van der Waals surface area contributed by atoms with Crippen LogP contribution in [0, 0.1) is 0 Å². The van der Waals surface area contributed by atoms with E-state index >= 15 is 0 Å². The van der Waals surface area contributed by atoms with Gasteiger partial charge in [0.2, 0.25) is 0 Å². The van der Waals surface area contributed by atoms with Crippen molar-refractivity contribution < 1.29 is 4.79 Å². The van der Waals surface area contributed by atoms with Crippen LogP contribution in [-0.4, -0.2) is 23.6 Å². The summed E-state index contributed by atoms with van der Waals surface area (Å²) in [4.78, 5) is 18.6. The summed E-state index contributed by atoms with van der Waals surface area (Å²) >= 11 is 1.21. The van der Waals surface area contributed by atoms with E-state index in [9.17, 15) is 4.79 Å². The second-order valence-electron chi connectivity index (χ2n) is 2.08. The number of thioether (sulfide) groups is 1. The molecule has 1 aliphatic heterocycles. The smallest absolute Gasteiger partial charge is 0.194 e. The van der Waals surface area contributed by atoms with Crippen LogP contribution in [0.3, 0.4) is 0 Å². The van der Waals surface area contributed by atoms with Crippen molar-refractivity contribution in [2.24, 2.45) is 9.98 Å². The maximum atomic E-state index is 11.0. The molecule has 0 aromatic carbocycles. The number of hydrogen-bond donors (Lipinski definition) is 0. The largest absolute Gasteiger partial charge is 0.287 e. The molecule has 0 aromatic heterocycles. The van der Waals surface area contributed by atoms with Crippen molar-refractivity contribution in [3.8, 4) is 0 Å². The molecular weight excluding hydrogens is 172 g/mol. The van der Waals surface area contributed by atoms with Gasteiger partial charge in [-0.25, -0.2) is 4.99 Å². The van der Waals surface area contributed by atoms with Gasteiger partial charge < -0.3 is 0 Å². The second-order valence-corrected chi connectivity index (χ2v) is 2.94. The average Bonchev–Trinajstić information content (AvgIpc) is 2.33. The zero-order valence-electron chi connectivity index (χ0n) is 6.65. The van der Waals surface area contributed by atoms with Crippen molar-refractivity contribution in [2.45, 2.75) is 6.42 Å². The van der Waals surface area contributed by atoms with Crippen LogP contribution in [0.2, 0.25) is 0 Å². The molecule has 4 heteroatoms. The maximum Gasteiger partial charge on any atom is 0.194 e. The number of rotatable bonds is 2. The molecule has 0 aliphatic carbocycles. The van der Waals surface area contributed by atoms with Gasteiger partial charge in [0.05, 0.1) is 12.1 Å². The van der Waals surface area contributed by atoms with Crippen molar-refractivity contribution in [2.75, 3.05) is 6.26 Å². The molecule has 0 saturated carbocycles. The Bertz CT molecular complexity index is 298. The Morgan fingerprint density at radius 3 is 3.33 bits per heavy atom. The Balaban J connectivity index is 2.60. The van der Waals surface area contributed by atoms with E-state index in [0.29, 0.717) is 6.42 Å². The first-order valence-corrected chi connectivity index (χ1v) is 4.62. The normalized spacial score (nSPS) is 14.2. The van der Waals surface area contributed by atoms with Gasteiger partial charge in [0.15, 0.2) is 5.12 Å². The van der Waals surface area contributed by atoms with Crippen LogP contribution in [-0.2, 0) is 4.79 Å². The van der Waals surface area contributed by atoms with E-state index < -0.39 is 0 Å². The maximum absolute atomic E-state index is 11.0. The standard InChI is InChI=1S/C8H8N2OS/c1-12-8(11)5-7-3-2-4-9-6-10-7/h2-3,6H,5H2,1H3. The third-order valence-corrected chi connectivity index (χ3v) is 1.86. The van der Waals surface area contributed by atoms with Crippen molar-refractivity contribution >= 4 is 29.1 Å². The van der Waals surface area contributed by atoms with Crippen molar-refractivity contribution in [1.29, 1.82) is 0 Å². The van der Waals surface area contributed by atoms with E-state index in [1.54, 1.807) is 18.4 Å². The Kier molecular flexibility index (Phi) is 3.51. The topological polar surface area (TPSA) is 41.8 Å². The van der Waals surface area contributed by atoms with Gasteiger partial charge in [0, 0.05) is 6.08 Å². The highest BCUT2D eigenvalue weighted by atomic mass is 32.2. The highest BCUT2D eigenvalue weighted by Crippen LogP contribution is 2.10. The number of nitrogens with zero attached hydrogens (tertiary/aromatic N) is 2. The van der Waals surface area contributed by atoms with Crippen LogP contribution in [0.15, 0.2) is 27.8 Å². The van der Waals surface area contributed by atoms with E-state index in [-0.39, 0.29) is 5.12 Å². The Hall–Kier alpha value is -1.12. The lowest BCUT2D eigenvalue weighted by molar-refractivity contribution is -0.110. The van der Waals surface area contributed by atoms with E-state index in [1.807, 2.05) is 0 Å². The average molecular weight is 180 g/mol. The summed E-state index contributed by atoms with van der Waals surface area (Å²) in [5.41, 5.74) is 0.725. The lowest BCUT2D eigenvalue weighted by atomic mass is 10.3. The lowest BCUT2D eigenvalue weighted by Crippen LogP contribution is -1.91. The molecule has 0 amide bonds. The quantitative estimate of drug-likeness (QED) is 0.645. The van der Waals surface area contributed by atoms with Crippen LogP contribution in [0.4, 0.5) is 0 Å². The molecule has 62 valence electrons. The first-order valence-electron chi connectivity index (χ1n) is 3.40. The van der Waals surface area contributed by atoms with Crippen molar-refractivity contribution in [3.63, 3.8) is 0 Å². The molecule has 0 saturated heterocycles. The molecule has 0 fully saturated rings. The first-order chi connectivity index (χ1) is 5.83. The second kappa shape index (κ2) is 4.70. The number of carbonyl (C=O) groups excluding carboxylic acids is 1. The van der Waals surface area contributed by atoms with Crippen LogP contribution < -0.4 is 0 Å². The Labute approximate surface area is 75.0 Å². The molecule has 0 aromatic rings. The molecule has 1 aliphatic rings. The summed E-state index contributed by atoms with van der Waals surface area (Å²) in [6, 6.07) is 0. The van der Waals surface area contributed by atoms with Crippen LogP contribution in [0.1, 0.15) is 6.42 Å². The van der Waals surface area contributed by atoms with Crippen LogP contribution in [0.5, 0.6) is 0 Å². The van der Waals surface area contributed by atoms with Gasteiger partial charge in [0.1, 0.15) is 6.34 Å². The van der Waals surface area contributed by atoms with Crippen molar-refractivity contribution in [3.05, 3.63) is 17.8 Å².